The number of hydrogen-bond donors (Lipinski definition) is 1. The average Bonchev–Trinajstić information content (AvgIpc) is 2.47. The van der Waals surface area contributed by atoms with E-state index >= 15 is 0 Å². The molecule has 0 aliphatic carbocycles. The topological polar surface area (TPSA) is 37.8 Å². The molecule has 0 unspecified atom stereocenters. The first-order chi connectivity index (χ1) is 9.72. The number of para-hydroxylation sites is 1. The fourth-order valence-corrected chi connectivity index (χ4v) is 2.19. The highest BCUT2D eigenvalue weighted by Gasteiger charge is 2.02. The molecule has 1 N–H and O–H groups in total. The number of benzene rings is 1. The van der Waals surface area contributed by atoms with Crippen molar-refractivity contribution in [3.8, 4) is 0 Å². The Morgan fingerprint density at radius 2 is 1.80 bits per heavy atom. The number of fused-ring (bicyclic) bond motifs is 1. The zero-order chi connectivity index (χ0) is 13.9. The van der Waals surface area contributed by atoms with Gasteiger partial charge in [0.15, 0.2) is 0 Å². The van der Waals surface area contributed by atoms with Gasteiger partial charge < -0.3 is 5.32 Å². The molecule has 3 heteroatoms. The Kier molecular flexibility index (Phi) is 3.33. The molecule has 100 valence electrons. The Morgan fingerprint density at radius 3 is 2.60 bits per heavy atom. The fraction of sp³-hybridized carbons (Fsp3) is 0.176. The van der Waals surface area contributed by atoms with E-state index < -0.39 is 0 Å². The minimum absolute atomic E-state index is 0.752. The summed E-state index contributed by atoms with van der Waals surface area (Å²) in [6.45, 7) is 4.76. The van der Waals surface area contributed by atoms with Crippen molar-refractivity contribution in [3.63, 3.8) is 0 Å². The minimum atomic E-state index is 0.752. The SMILES string of the molecule is Cc1ccc(CNc2cccc3ccc(C)nc23)cn1. The van der Waals surface area contributed by atoms with E-state index in [9.17, 15) is 0 Å². The first kappa shape index (κ1) is 12.6. The van der Waals surface area contributed by atoms with Gasteiger partial charge >= 0.3 is 0 Å². The second kappa shape index (κ2) is 5.29. The highest BCUT2D eigenvalue weighted by molar-refractivity contribution is 5.90. The van der Waals surface area contributed by atoms with Gasteiger partial charge in [-0.15, -0.1) is 0 Å². The highest BCUT2D eigenvalue weighted by Crippen LogP contribution is 2.22. The molecule has 1 aromatic carbocycles. The Balaban J connectivity index is 1.87. The molecule has 3 aromatic rings. The van der Waals surface area contributed by atoms with Crippen LogP contribution in [0.2, 0.25) is 0 Å². The maximum atomic E-state index is 4.62. The van der Waals surface area contributed by atoms with E-state index in [1.807, 2.05) is 32.2 Å². The maximum absolute atomic E-state index is 4.62. The van der Waals surface area contributed by atoms with Crippen molar-refractivity contribution in [2.75, 3.05) is 5.32 Å². The lowest BCUT2D eigenvalue weighted by Crippen LogP contribution is -2.01. The summed E-state index contributed by atoms with van der Waals surface area (Å²) >= 11 is 0. The molecule has 0 fully saturated rings. The first-order valence-electron chi connectivity index (χ1n) is 6.74. The van der Waals surface area contributed by atoms with E-state index in [2.05, 4.69) is 45.6 Å². The van der Waals surface area contributed by atoms with Gasteiger partial charge in [-0.3, -0.25) is 9.97 Å². The van der Waals surface area contributed by atoms with Crippen LogP contribution in [0.3, 0.4) is 0 Å². The van der Waals surface area contributed by atoms with Gasteiger partial charge in [-0.1, -0.05) is 24.3 Å². The average molecular weight is 263 g/mol. The quantitative estimate of drug-likeness (QED) is 0.779. The standard InChI is InChI=1S/C17H17N3/c1-12-6-8-14(10-18-12)11-19-16-5-3-4-15-9-7-13(2)20-17(15)16/h3-10,19H,11H2,1-2H3. The molecule has 3 rings (SSSR count). The van der Waals surface area contributed by atoms with Gasteiger partial charge in [0.1, 0.15) is 0 Å². The molecular formula is C17H17N3. The fourth-order valence-electron chi connectivity index (χ4n) is 2.19. The van der Waals surface area contributed by atoms with Crippen molar-refractivity contribution < 1.29 is 0 Å². The molecule has 0 radical (unpaired) electrons. The first-order valence-corrected chi connectivity index (χ1v) is 6.74. The summed E-state index contributed by atoms with van der Waals surface area (Å²) in [5, 5.41) is 4.60. The van der Waals surface area contributed by atoms with Crippen LogP contribution in [0.4, 0.5) is 5.69 Å². The number of anilines is 1. The van der Waals surface area contributed by atoms with E-state index in [4.69, 9.17) is 0 Å². The van der Waals surface area contributed by atoms with Crippen LogP contribution in [0, 0.1) is 13.8 Å². The van der Waals surface area contributed by atoms with E-state index in [1.54, 1.807) is 0 Å². The second-order valence-corrected chi connectivity index (χ2v) is 4.99. The number of aryl methyl sites for hydroxylation is 2. The van der Waals surface area contributed by atoms with Gasteiger partial charge in [-0.05, 0) is 37.6 Å². The van der Waals surface area contributed by atoms with Crippen LogP contribution in [-0.2, 0) is 6.54 Å². The van der Waals surface area contributed by atoms with Crippen molar-refractivity contribution in [2.45, 2.75) is 20.4 Å². The second-order valence-electron chi connectivity index (χ2n) is 4.99. The molecule has 0 bridgehead atoms. The number of nitrogens with zero attached hydrogens (tertiary/aromatic N) is 2. The maximum Gasteiger partial charge on any atom is 0.0936 e. The van der Waals surface area contributed by atoms with Crippen molar-refractivity contribution in [2.24, 2.45) is 0 Å². The lowest BCUT2D eigenvalue weighted by molar-refractivity contribution is 1.09. The van der Waals surface area contributed by atoms with Gasteiger partial charge in [0.05, 0.1) is 11.2 Å². The lowest BCUT2D eigenvalue weighted by Gasteiger charge is -2.09. The largest absolute Gasteiger partial charge is 0.379 e. The van der Waals surface area contributed by atoms with Crippen LogP contribution in [0.25, 0.3) is 10.9 Å². The number of aromatic nitrogens is 2. The third-order valence-electron chi connectivity index (χ3n) is 3.32. The number of nitrogens with one attached hydrogen (secondary N) is 1. The van der Waals surface area contributed by atoms with Gasteiger partial charge in [0, 0.05) is 29.5 Å². The Hall–Kier alpha value is -2.42. The predicted molar refractivity (Wildman–Crippen MR) is 82.8 cm³/mol. The van der Waals surface area contributed by atoms with Crippen molar-refractivity contribution in [1.29, 1.82) is 0 Å². The van der Waals surface area contributed by atoms with E-state index in [0.29, 0.717) is 0 Å². The Bertz CT molecular complexity index is 733. The van der Waals surface area contributed by atoms with Crippen molar-refractivity contribution in [3.05, 3.63) is 65.6 Å². The molecule has 0 amide bonds. The normalized spacial score (nSPS) is 10.7. The molecule has 2 heterocycles. The van der Waals surface area contributed by atoms with Crippen LogP contribution in [0.15, 0.2) is 48.7 Å². The molecule has 0 saturated heterocycles. The van der Waals surface area contributed by atoms with Crippen LogP contribution in [-0.4, -0.2) is 9.97 Å². The summed E-state index contributed by atoms with van der Waals surface area (Å²) in [5.41, 5.74) is 5.32. The van der Waals surface area contributed by atoms with E-state index in [0.717, 1.165) is 34.5 Å². The van der Waals surface area contributed by atoms with Gasteiger partial charge in [-0.2, -0.15) is 0 Å². The van der Waals surface area contributed by atoms with E-state index in [1.165, 1.54) is 5.56 Å². The summed E-state index contributed by atoms with van der Waals surface area (Å²) in [4.78, 5) is 8.94. The smallest absolute Gasteiger partial charge is 0.0936 e. The van der Waals surface area contributed by atoms with Crippen LogP contribution in [0.5, 0.6) is 0 Å². The molecule has 3 nitrogen and oxygen atoms in total. The molecule has 2 aromatic heterocycles. The van der Waals surface area contributed by atoms with Crippen molar-refractivity contribution in [1.82, 2.24) is 9.97 Å². The summed E-state index contributed by atoms with van der Waals surface area (Å²) in [6.07, 6.45) is 1.91. The summed E-state index contributed by atoms with van der Waals surface area (Å²) in [6, 6.07) is 14.5. The highest BCUT2D eigenvalue weighted by atomic mass is 14.9. The summed E-state index contributed by atoms with van der Waals surface area (Å²) in [5.74, 6) is 0. The number of hydrogen-bond acceptors (Lipinski definition) is 3. The Labute approximate surface area is 118 Å². The lowest BCUT2D eigenvalue weighted by atomic mass is 10.1. The van der Waals surface area contributed by atoms with Crippen LogP contribution < -0.4 is 5.32 Å². The zero-order valence-electron chi connectivity index (χ0n) is 11.7. The number of rotatable bonds is 3. The minimum Gasteiger partial charge on any atom is -0.379 e. The van der Waals surface area contributed by atoms with Gasteiger partial charge in [-0.25, -0.2) is 0 Å². The molecule has 20 heavy (non-hydrogen) atoms. The predicted octanol–water partition coefficient (Wildman–Crippen LogP) is 3.86. The van der Waals surface area contributed by atoms with Crippen LogP contribution >= 0.6 is 0 Å². The number of pyridine rings is 2. The van der Waals surface area contributed by atoms with Crippen LogP contribution in [0.1, 0.15) is 17.0 Å². The summed E-state index contributed by atoms with van der Waals surface area (Å²) < 4.78 is 0. The zero-order valence-corrected chi connectivity index (χ0v) is 11.7. The molecule has 0 saturated carbocycles. The summed E-state index contributed by atoms with van der Waals surface area (Å²) in [7, 11) is 0. The molecule has 0 atom stereocenters. The third-order valence-corrected chi connectivity index (χ3v) is 3.32. The molecule has 0 aliphatic rings. The molecular weight excluding hydrogens is 246 g/mol. The Morgan fingerprint density at radius 1 is 0.950 bits per heavy atom. The third kappa shape index (κ3) is 2.62. The van der Waals surface area contributed by atoms with Gasteiger partial charge in [0.2, 0.25) is 0 Å². The monoisotopic (exact) mass is 263 g/mol. The molecule has 0 spiro atoms. The molecule has 0 aliphatic heterocycles. The van der Waals surface area contributed by atoms with E-state index in [-0.39, 0.29) is 0 Å². The van der Waals surface area contributed by atoms with Crippen molar-refractivity contribution >= 4 is 16.6 Å². The van der Waals surface area contributed by atoms with Gasteiger partial charge in [0.25, 0.3) is 0 Å².